The lowest BCUT2D eigenvalue weighted by molar-refractivity contribution is -0.134. The lowest BCUT2D eigenvalue weighted by atomic mass is 10.2. The number of benzene rings is 1. The Morgan fingerprint density at radius 3 is 2.80 bits per heavy atom. The molecule has 0 bridgehead atoms. The number of aromatic nitrogens is 4. The van der Waals surface area contributed by atoms with Gasteiger partial charge in [-0.05, 0) is 35.0 Å². The second-order valence-corrected chi connectivity index (χ2v) is 5.73. The second kappa shape index (κ2) is 5.25. The molecule has 0 unspecified atom stereocenters. The van der Waals surface area contributed by atoms with Gasteiger partial charge in [0.05, 0.1) is 11.4 Å². The highest BCUT2D eigenvalue weighted by Crippen LogP contribution is 2.20. The predicted octanol–water partition coefficient (Wildman–Crippen LogP) is -0.203. The Labute approximate surface area is 114 Å². The molecular weight excluding hydrogens is 286 g/mol. The predicted molar refractivity (Wildman–Crippen MR) is 68.9 cm³/mol. The van der Waals surface area contributed by atoms with Crippen LogP contribution in [0.15, 0.2) is 24.5 Å². The molecule has 2 aromatic rings. The zero-order chi connectivity index (χ0) is 14.8. The van der Waals surface area contributed by atoms with Crippen molar-refractivity contribution in [2.75, 3.05) is 10.5 Å². The SMILES string of the molecule is Cc1ccc(-n2cnnn2)cc1NS(=O)(=O)CC(=O)O. The first-order chi connectivity index (χ1) is 9.37. The fourth-order valence-corrected chi connectivity index (χ4v) is 2.46. The summed E-state index contributed by atoms with van der Waals surface area (Å²) in [5.74, 6) is -2.42. The van der Waals surface area contributed by atoms with Crippen LogP contribution < -0.4 is 4.72 Å². The van der Waals surface area contributed by atoms with Crippen molar-refractivity contribution >= 4 is 21.7 Å². The molecule has 0 radical (unpaired) electrons. The quantitative estimate of drug-likeness (QED) is 0.782. The molecule has 9 nitrogen and oxygen atoms in total. The number of anilines is 1. The van der Waals surface area contributed by atoms with Gasteiger partial charge >= 0.3 is 5.97 Å². The van der Waals surface area contributed by atoms with Crippen molar-refractivity contribution in [1.29, 1.82) is 0 Å². The van der Waals surface area contributed by atoms with E-state index in [9.17, 15) is 13.2 Å². The second-order valence-electron chi connectivity index (χ2n) is 4.01. The van der Waals surface area contributed by atoms with Gasteiger partial charge in [0.15, 0.2) is 5.75 Å². The first kappa shape index (κ1) is 13.9. The summed E-state index contributed by atoms with van der Waals surface area (Å²) in [5, 5.41) is 19.2. The van der Waals surface area contributed by atoms with Gasteiger partial charge < -0.3 is 5.11 Å². The van der Waals surface area contributed by atoms with Crippen LogP contribution >= 0.6 is 0 Å². The van der Waals surface area contributed by atoms with Gasteiger partial charge in [0.2, 0.25) is 10.0 Å². The highest BCUT2D eigenvalue weighted by molar-refractivity contribution is 7.93. The van der Waals surface area contributed by atoms with Crippen LogP contribution in [0.4, 0.5) is 5.69 Å². The van der Waals surface area contributed by atoms with E-state index >= 15 is 0 Å². The van der Waals surface area contributed by atoms with Gasteiger partial charge in [-0.1, -0.05) is 6.07 Å². The number of hydrogen-bond donors (Lipinski definition) is 2. The largest absolute Gasteiger partial charge is 0.480 e. The van der Waals surface area contributed by atoms with Crippen molar-refractivity contribution in [3.05, 3.63) is 30.1 Å². The molecule has 0 aliphatic carbocycles. The molecule has 106 valence electrons. The molecule has 0 saturated heterocycles. The van der Waals surface area contributed by atoms with Crippen molar-refractivity contribution in [2.45, 2.75) is 6.92 Å². The van der Waals surface area contributed by atoms with E-state index in [0.717, 1.165) is 0 Å². The smallest absolute Gasteiger partial charge is 0.320 e. The Morgan fingerprint density at radius 2 is 2.20 bits per heavy atom. The molecule has 20 heavy (non-hydrogen) atoms. The molecule has 1 aromatic heterocycles. The molecule has 1 aromatic carbocycles. The third-order valence-corrected chi connectivity index (χ3v) is 3.57. The number of aliphatic carboxylic acids is 1. The van der Waals surface area contributed by atoms with E-state index in [1.165, 1.54) is 17.1 Å². The normalized spacial score (nSPS) is 11.2. The minimum Gasteiger partial charge on any atom is -0.480 e. The van der Waals surface area contributed by atoms with Crippen molar-refractivity contribution in [1.82, 2.24) is 20.2 Å². The Morgan fingerprint density at radius 1 is 1.45 bits per heavy atom. The molecular formula is C10H11N5O4S. The first-order valence-electron chi connectivity index (χ1n) is 5.44. The number of sulfonamides is 1. The van der Waals surface area contributed by atoms with Gasteiger partial charge in [0, 0.05) is 0 Å². The van der Waals surface area contributed by atoms with E-state index < -0.39 is 21.7 Å². The summed E-state index contributed by atoms with van der Waals surface area (Å²) in [6.45, 7) is 1.70. The van der Waals surface area contributed by atoms with Crippen LogP contribution in [0.2, 0.25) is 0 Å². The number of rotatable bonds is 5. The van der Waals surface area contributed by atoms with E-state index in [-0.39, 0.29) is 5.69 Å². The number of aryl methyl sites for hydroxylation is 1. The summed E-state index contributed by atoms with van der Waals surface area (Å²) in [7, 11) is -3.95. The average Bonchev–Trinajstić information content (AvgIpc) is 2.83. The third kappa shape index (κ3) is 3.29. The molecule has 0 fully saturated rings. The highest BCUT2D eigenvalue weighted by Gasteiger charge is 2.17. The number of carboxylic acids is 1. The van der Waals surface area contributed by atoms with E-state index in [2.05, 4.69) is 20.2 Å². The van der Waals surface area contributed by atoms with Crippen LogP contribution in [0.1, 0.15) is 5.56 Å². The van der Waals surface area contributed by atoms with Crippen LogP contribution in [0.5, 0.6) is 0 Å². The van der Waals surface area contributed by atoms with Gasteiger partial charge in [0.1, 0.15) is 6.33 Å². The van der Waals surface area contributed by atoms with Crippen molar-refractivity contribution in [2.24, 2.45) is 0 Å². The highest BCUT2D eigenvalue weighted by atomic mass is 32.2. The number of nitrogens with one attached hydrogen (secondary N) is 1. The Bertz CT molecular complexity index is 726. The molecule has 2 rings (SSSR count). The van der Waals surface area contributed by atoms with Crippen LogP contribution in [0.25, 0.3) is 5.69 Å². The number of carbonyl (C=O) groups is 1. The molecule has 0 saturated carbocycles. The minimum atomic E-state index is -3.95. The van der Waals surface area contributed by atoms with Gasteiger partial charge in [0.25, 0.3) is 0 Å². The Balaban J connectivity index is 2.32. The average molecular weight is 297 g/mol. The summed E-state index contributed by atoms with van der Waals surface area (Å²) in [6, 6.07) is 4.90. The maximum atomic E-state index is 11.6. The molecule has 0 aliphatic heterocycles. The molecule has 0 aliphatic rings. The maximum Gasteiger partial charge on any atom is 0.320 e. The van der Waals surface area contributed by atoms with E-state index in [1.807, 2.05) is 0 Å². The molecule has 0 amide bonds. The number of nitrogens with zero attached hydrogens (tertiary/aromatic N) is 4. The van der Waals surface area contributed by atoms with Gasteiger partial charge in [-0.15, -0.1) is 5.10 Å². The third-order valence-electron chi connectivity index (χ3n) is 2.41. The summed E-state index contributed by atoms with van der Waals surface area (Å²) in [6.07, 6.45) is 1.36. The number of hydrogen-bond acceptors (Lipinski definition) is 6. The molecule has 2 N–H and O–H groups in total. The first-order valence-corrected chi connectivity index (χ1v) is 7.09. The van der Waals surface area contributed by atoms with E-state index in [4.69, 9.17) is 5.11 Å². The van der Waals surface area contributed by atoms with E-state index in [1.54, 1.807) is 19.1 Å². The lowest BCUT2D eigenvalue weighted by Gasteiger charge is -2.10. The molecule has 10 heteroatoms. The zero-order valence-corrected chi connectivity index (χ0v) is 11.2. The topological polar surface area (TPSA) is 127 Å². The van der Waals surface area contributed by atoms with Gasteiger partial charge in [-0.25, -0.2) is 13.1 Å². The summed E-state index contributed by atoms with van der Waals surface area (Å²) in [4.78, 5) is 10.5. The molecule has 0 spiro atoms. The van der Waals surface area contributed by atoms with Gasteiger partial charge in [-0.3, -0.25) is 9.52 Å². The van der Waals surface area contributed by atoms with Crippen LogP contribution in [-0.2, 0) is 14.8 Å². The Kier molecular flexibility index (Phi) is 3.66. The number of carboxylic acid groups (broad SMARTS) is 1. The van der Waals surface area contributed by atoms with Crippen molar-refractivity contribution in [3.8, 4) is 5.69 Å². The fraction of sp³-hybridized carbons (Fsp3) is 0.200. The summed E-state index contributed by atoms with van der Waals surface area (Å²) >= 11 is 0. The summed E-state index contributed by atoms with van der Waals surface area (Å²) in [5.41, 5.74) is 1.48. The molecule has 1 heterocycles. The zero-order valence-electron chi connectivity index (χ0n) is 10.4. The Hall–Kier alpha value is -2.49. The van der Waals surface area contributed by atoms with E-state index in [0.29, 0.717) is 11.3 Å². The van der Waals surface area contributed by atoms with Crippen LogP contribution in [0.3, 0.4) is 0 Å². The maximum absolute atomic E-state index is 11.6. The fourth-order valence-electron chi connectivity index (χ4n) is 1.51. The van der Waals surface area contributed by atoms with Crippen LogP contribution in [-0.4, -0.2) is 45.5 Å². The van der Waals surface area contributed by atoms with Crippen molar-refractivity contribution in [3.63, 3.8) is 0 Å². The lowest BCUT2D eigenvalue weighted by Crippen LogP contribution is -2.22. The van der Waals surface area contributed by atoms with Crippen LogP contribution in [0, 0.1) is 6.92 Å². The monoisotopic (exact) mass is 297 g/mol. The molecule has 0 atom stereocenters. The van der Waals surface area contributed by atoms with Crippen molar-refractivity contribution < 1.29 is 18.3 Å². The number of tetrazole rings is 1. The minimum absolute atomic E-state index is 0.277. The summed E-state index contributed by atoms with van der Waals surface area (Å²) < 4.78 is 26.8. The van der Waals surface area contributed by atoms with Gasteiger partial charge in [-0.2, -0.15) is 0 Å². The standard InChI is InChI=1S/C10H11N5O4S/c1-7-2-3-8(15-6-11-13-14-15)4-9(7)12-20(18,19)5-10(16)17/h2-4,6,12H,5H2,1H3,(H,16,17).